The minimum absolute atomic E-state index is 0.758. The SMILES string of the molecule is NCCCc1cccc(-n2cccc2)c1. The van der Waals surface area contributed by atoms with Gasteiger partial charge in [0, 0.05) is 18.1 Å². The van der Waals surface area contributed by atoms with E-state index in [-0.39, 0.29) is 0 Å². The van der Waals surface area contributed by atoms with Crippen LogP contribution in [0.5, 0.6) is 0 Å². The van der Waals surface area contributed by atoms with Crippen LogP contribution in [0, 0.1) is 0 Å². The smallest absolute Gasteiger partial charge is 0.0452 e. The standard InChI is InChI=1S/C13H16N2/c14-8-4-6-12-5-3-7-13(11-12)15-9-1-2-10-15/h1-3,5,7,9-11H,4,6,8,14H2. The molecule has 2 aromatic rings. The number of hydrogen-bond donors (Lipinski definition) is 1. The molecule has 15 heavy (non-hydrogen) atoms. The van der Waals surface area contributed by atoms with E-state index in [1.54, 1.807) is 0 Å². The Kier molecular flexibility index (Phi) is 3.20. The first-order valence-corrected chi connectivity index (χ1v) is 5.32. The summed E-state index contributed by atoms with van der Waals surface area (Å²) in [6, 6.07) is 12.7. The zero-order valence-electron chi connectivity index (χ0n) is 8.76. The highest BCUT2D eigenvalue weighted by Crippen LogP contribution is 2.12. The molecular weight excluding hydrogens is 184 g/mol. The van der Waals surface area contributed by atoms with Crippen LogP contribution < -0.4 is 5.73 Å². The Morgan fingerprint density at radius 2 is 1.87 bits per heavy atom. The number of rotatable bonds is 4. The van der Waals surface area contributed by atoms with Crippen molar-refractivity contribution in [3.63, 3.8) is 0 Å². The van der Waals surface area contributed by atoms with Crippen molar-refractivity contribution in [2.45, 2.75) is 12.8 Å². The van der Waals surface area contributed by atoms with Gasteiger partial charge in [0.1, 0.15) is 0 Å². The highest BCUT2D eigenvalue weighted by Gasteiger charge is 1.96. The lowest BCUT2D eigenvalue weighted by molar-refractivity contribution is 0.831. The van der Waals surface area contributed by atoms with Crippen LogP contribution in [-0.2, 0) is 6.42 Å². The Labute approximate surface area is 90.3 Å². The van der Waals surface area contributed by atoms with Gasteiger partial charge >= 0.3 is 0 Å². The first kappa shape index (κ1) is 9.99. The molecule has 0 amide bonds. The lowest BCUT2D eigenvalue weighted by Crippen LogP contribution is -2.00. The van der Waals surface area contributed by atoms with E-state index in [0.29, 0.717) is 0 Å². The minimum atomic E-state index is 0.758. The normalized spacial score (nSPS) is 10.5. The zero-order chi connectivity index (χ0) is 10.5. The molecule has 1 heterocycles. The summed E-state index contributed by atoms with van der Waals surface area (Å²) in [7, 11) is 0. The Hall–Kier alpha value is -1.54. The Morgan fingerprint density at radius 1 is 1.07 bits per heavy atom. The highest BCUT2D eigenvalue weighted by molar-refractivity contribution is 5.36. The second-order valence-corrected chi connectivity index (χ2v) is 3.65. The van der Waals surface area contributed by atoms with Crippen LogP contribution in [0.3, 0.4) is 0 Å². The number of benzene rings is 1. The predicted molar refractivity (Wildman–Crippen MR) is 63.1 cm³/mol. The third kappa shape index (κ3) is 2.48. The van der Waals surface area contributed by atoms with E-state index in [9.17, 15) is 0 Å². The average Bonchev–Trinajstić information content (AvgIpc) is 2.80. The average molecular weight is 200 g/mol. The van der Waals surface area contributed by atoms with Gasteiger partial charge in [-0.1, -0.05) is 12.1 Å². The molecule has 2 rings (SSSR count). The second-order valence-electron chi connectivity index (χ2n) is 3.65. The van der Waals surface area contributed by atoms with Gasteiger partial charge in [0.25, 0.3) is 0 Å². The van der Waals surface area contributed by atoms with Crippen molar-refractivity contribution in [3.05, 3.63) is 54.4 Å². The van der Waals surface area contributed by atoms with Crippen LogP contribution in [0.15, 0.2) is 48.8 Å². The summed E-state index contributed by atoms with van der Waals surface area (Å²) >= 11 is 0. The van der Waals surface area contributed by atoms with Crippen molar-refractivity contribution < 1.29 is 0 Å². The molecule has 0 aliphatic heterocycles. The molecule has 78 valence electrons. The number of aromatic nitrogens is 1. The van der Waals surface area contributed by atoms with Gasteiger partial charge in [0.2, 0.25) is 0 Å². The van der Waals surface area contributed by atoms with Gasteiger partial charge in [0.05, 0.1) is 0 Å². The van der Waals surface area contributed by atoms with Gasteiger partial charge < -0.3 is 10.3 Å². The molecule has 0 bridgehead atoms. The number of nitrogens with zero attached hydrogens (tertiary/aromatic N) is 1. The fourth-order valence-electron chi connectivity index (χ4n) is 1.69. The number of nitrogens with two attached hydrogens (primary N) is 1. The Bertz CT molecular complexity index is 404. The van der Waals surface area contributed by atoms with Crippen LogP contribution in [-0.4, -0.2) is 11.1 Å². The van der Waals surface area contributed by atoms with Crippen molar-refractivity contribution in [3.8, 4) is 5.69 Å². The number of aryl methyl sites for hydroxylation is 1. The summed E-state index contributed by atoms with van der Waals surface area (Å²) in [5.74, 6) is 0. The minimum Gasteiger partial charge on any atom is -0.330 e. The summed E-state index contributed by atoms with van der Waals surface area (Å²) in [4.78, 5) is 0. The van der Waals surface area contributed by atoms with Gasteiger partial charge in [0.15, 0.2) is 0 Å². The van der Waals surface area contributed by atoms with Crippen molar-refractivity contribution in [1.82, 2.24) is 4.57 Å². The molecule has 1 aromatic heterocycles. The first-order valence-electron chi connectivity index (χ1n) is 5.32. The van der Waals surface area contributed by atoms with E-state index in [4.69, 9.17) is 5.73 Å². The van der Waals surface area contributed by atoms with Gasteiger partial charge in [-0.25, -0.2) is 0 Å². The molecule has 0 spiro atoms. The molecule has 0 saturated heterocycles. The molecule has 0 unspecified atom stereocenters. The van der Waals surface area contributed by atoms with E-state index < -0.39 is 0 Å². The molecule has 0 aliphatic carbocycles. The third-order valence-electron chi connectivity index (χ3n) is 2.48. The van der Waals surface area contributed by atoms with Gasteiger partial charge in [-0.3, -0.25) is 0 Å². The van der Waals surface area contributed by atoms with Crippen molar-refractivity contribution in [2.24, 2.45) is 5.73 Å². The maximum atomic E-state index is 5.50. The molecule has 0 aliphatic rings. The van der Waals surface area contributed by atoms with E-state index in [0.717, 1.165) is 19.4 Å². The maximum Gasteiger partial charge on any atom is 0.0452 e. The van der Waals surface area contributed by atoms with E-state index in [1.165, 1.54) is 11.3 Å². The van der Waals surface area contributed by atoms with Crippen LogP contribution in [0.1, 0.15) is 12.0 Å². The van der Waals surface area contributed by atoms with Crippen molar-refractivity contribution in [2.75, 3.05) is 6.54 Å². The molecule has 1 aromatic carbocycles. The van der Waals surface area contributed by atoms with Crippen molar-refractivity contribution >= 4 is 0 Å². The summed E-state index contributed by atoms with van der Waals surface area (Å²) in [6.07, 6.45) is 6.23. The van der Waals surface area contributed by atoms with E-state index in [1.807, 2.05) is 12.1 Å². The van der Waals surface area contributed by atoms with Gasteiger partial charge in [-0.2, -0.15) is 0 Å². The van der Waals surface area contributed by atoms with E-state index in [2.05, 4.69) is 41.2 Å². The van der Waals surface area contributed by atoms with Crippen LogP contribution in [0.2, 0.25) is 0 Å². The fraction of sp³-hybridized carbons (Fsp3) is 0.231. The molecule has 0 fully saturated rings. The highest BCUT2D eigenvalue weighted by atomic mass is 14.9. The molecule has 2 heteroatoms. The largest absolute Gasteiger partial charge is 0.330 e. The van der Waals surface area contributed by atoms with Crippen LogP contribution in [0.4, 0.5) is 0 Å². The molecule has 2 nitrogen and oxygen atoms in total. The maximum absolute atomic E-state index is 5.50. The molecule has 2 N–H and O–H groups in total. The predicted octanol–water partition coefficient (Wildman–Crippen LogP) is 2.37. The zero-order valence-corrected chi connectivity index (χ0v) is 8.76. The van der Waals surface area contributed by atoms with Crippen LogP contribution in [0.25, 0.3) is 5.69 Å². The summed E-state index contributed by atoms with van der Waals surface area (Å²) in [6.45, 7) is 0.758. The van der Waals surface area contributed by atoms with Gasteiger partial charge in [-0.15, -0.1) is 0 Å². The second kappa shape index (κ2) is 4.80. The Morgan fingerprint density at radius 3 is 2.60 bits per heavy atom. The summed E-state index contributed by atoms with van der Waals surface area (Å²) < 4.78 is 2.12. The molecule has 0 atom stereocenters. The van der Waals surface area contributed by atoms with E-state index >= 15 is 0 Å². The summed E-state index contributed by atoms with van der Waals surface area (Å²) in [5.41, 5.74) is 8.07. The van der Waals surface area contributed by atoms with Crippen LogP contribution >= 0.6 is 0 Å². The quantitative estimate of drug-likeness (QED) is 0.807. The lowest BCUT2D eigenvalue weighted by Gasteiger charge is -2.05. The molecule has 0 radical (unpaired) electrons. The number of hydrogen-bond acceptors (Lipinski definition) is 1. The van der Waals surface area contributed by atoms with Gasteiger partial charge in [-0.05, 0) is 49.2 Å². The lowest BCUT2D eigenvalue weighted by atomic mass is 10.1. The Balaban J connectivity index is 2.19. The topological polar surface area (TPSA) is 30.9 Å². The monoisotopic (exact) mass is 200 g/mol. The third-order valence-corrected chi connectivity index (χ3v) is 2.48. The summed E-state index contributed by atoms with van der Waals surface area (Å²) in [5, 5.41) is 0. The fourth-order valence-corrected chi connectivity index (χ4v) is 1.69. The first-order chi connectivity index (χ1) is 7.40. The molecule has 0 saturated carbocycles. The molecular formula is C13H16N2. The van der Waals surface area contributed by atoms with Crippen molar-refractivity contribution in [1.29, 1.82) is 0 Å².